The van der Waals surface area contributed by atoms with Crippen LogP contribution in [0.4, 0.5) is 0 Å². The maximum absolute atomic E-state index is 11.6. The van der Waals surface area contributed by atoms with E-state index in [1.165, 1.54) is 77.0 Å². The van der Waals surface area contributed by atoms with Crippen LogP contribution in [0.15, 0.2) is 0 Å². The van der Waals surface area contributed by atoms with Crippen LogP contribution in [0.2, 0.25) is 0 Å². The van der Waals surface area contributed by atoms with Gasteiger partial charge < -0.3 is 10.2 Å². The third-order valence-corrected chi connectivity index (χ3v) is 6.44. The summed E-state index contributed by atoms with van der Waals surface area (Å²) < 4.78 is 0. The van der Waals surface area contributed by atoms with E-state index in [0.29, 0.717) is 12.8 Å². The lowest BCUT2D eigenvalue weighted by Gasteiger charge is -2.20. The lowest BCUT2D eigenvalue weighted by atomic mass is 10.0. The molecule has 0 spiro atoms. The van der Waals surface area contributed by atoms with Gasteiger partial charge in [-0.2, -0.15) is 0 Å². The number of carboxylic acid groups (broad SMARTS) is 2. The second-order valence-corrected chi connectivity index (χ2v) is 9.54. The SMILES string of the molecule is CCCCCCCCCCCCCCCCC(NC(CCCCCCC)C(=O)O)C(=O)O. The predicted octanol–water partition coefficient (Wildman–Crippen LogP) is 7.71. The van der Waals surface area contributed by atoms with Crippen LogP contribution in [-0.4, -0.2) is 34.2 Å². The fourth-order valence-electron chi connectivity index (χ4n) is 4.29. The number of hydrogen-bond acceptors (Lipinski definition) is 3. The minimum atomic E-state index is -0.937. The van der Waals surface area contributed by atoms with Crippen LogP contribution in [-0.2, 0) is 9.59 Å². The molecule has 0 aromatic carbocycles. The molecule has 0 fully saturated rings. The molecule has 0 heterocycles. The highest BCUT2D eigenvalue weighted by atomic mass is 16.4. The third kappa shape index (κ3) is 19.6. The standard InChI is InChI=1S/C27H53NO4/c1-3-5-7-9-10-11-12-13-14-15-16-17-19-21-23-25(27(31)32)28-24(26(29)30)22-20-18-8-6-4-2/h24-25,28H,3-23H2,1-2H3,(H,29,30)(H,31,32). The molecule has 0 radical (unpaired) electrons. The van der Waals surface area contributed by atoms with E-state index in [1.54, 1.807) is 0 Å². The zero-order valence-electron chi connectivity index (χ0n) is 21.2. The molecule has 2 unspecified atom stereocenters. The van der Waals surface area contributed by atoms with E-state index in [9.17, 15) is 19.8 Å². The molecule has 5 heteroatoms. The van der Waals surface area contributed by atoms with E-state index in [2.05, 4.69) is 19.2 Å². The van der Waals surface area contributed by atoms with Gasteiger partial charge in [0.1, 0.15) is 12.1 Å². The quantitative estimate of drug-likeness (QED) is 0.123. The number of carboxylic acids is 2. The molecule has 2 atom stereocenters. The Labute approximate surface area is 198 Å². The van der Waals surface area contributed by atoms with Crippen molar-refractivity contribution < 1.29 is 19.8 Å². The molecule has 0 amide bonds. The van der Waals surface area contributed by atoms with Gasteiger partial charge in [-0.1, -0.05) is 136 Å². The maximum atomic E-state index is 11.6. The first-order valence-corrected chi connectivity index (χ1v) is 13.7. The summed E-state index contributed by atoms with van der Waals surface area (Å²) in [6.07, 6.45) is 24.0. The van der Waals surface area contributed by atoms with E-state index in [1.807, 2.05) is 0 Å². The van der Waals surface area contributed by atoms with E-state index in [-0.39, 0.29) is 0 Å². The molecule has 0 saturated heterocycles. The average molecular weight is 456 g/mol. The van der Waals surface area contributed by atoms with Gasteiger partial charge >= 0.3 is 11.9 Å². The Balaban J connectivity index is 3.80. The molecule has 0 aliphatic rings. The summed E-state index contributed by atoms with van der Waals surface area (Å²) >= 11 is 0. The van der Waals surface area contributed by atoms with Gasteiger partial charge in [-0.3, -0.25) is 14.9 Å². The number of hydrogen-bond donors (Lipinski definition) is 3. The van der Waals surface area contributed by atoms with Crippen LogP contribution >= 0.6 is 0 Å². The van der Waals surface area contributed by atoms with Crippen molar-refractivity contribution in [2.75, 3.05) is 0 Å². The number of carbonyl (C=O) groups is 2. The topological polar surface area (TPSA) is 86.6 Å². The lowest BCUT2D eigenvalue weighted by Crippen LogP contribution is -2.47. The molecule has 5 nitrogen and oxygen atoms in total. The van der Waals surface area contributed by atoms with Gasteiger partial charge in [-0.25, -0.2) is 0 Å². The summed E-state index contributed by atoms with van der Waals surface area (Å²) in [6.45, 7) is 4.41. The number of nitrogens with one attached hydrogen (secondary N) is 1. The molecule has 0 aromatic heterocycles. The summed E-state index contributed by atoms with van der Waals surface area (Å²) in [5.41, 5.74) is 0. The zero-order valence-corrected chi connectivity index (χ0v) is 21.2. The first kappa shape index (κ1) is 30.9. The molecule has 0 bridgehead atoms. The Morgan fingerprint density at radius 2 is 0.750 bits per heavy atom. The summed E-state index contributed by atoms with van der Waals surface area (Å²) in [7, 11) is 0. The molecular formula is C27H53NO4. The van der Waals surface area contributed by atoms with E-state index in [0.717, 1.165) is 44.9 Å². The van der Waals surface area contributed by atoms with Crippen LogP contribution in [0, 0.1) is 0 Å². The molecule has 3 N–H and O–H groups in total. The maximum Gasteiger partial charge on any atom is 0.320 e. The van der Waals surface area contributed by atoms with Crippen molar-refractivity contribution in [3.05, 3.63) is 0 Å². The minimum absolute atomic E-state index is 0.502. The van der Waals surface area contributed by atoms with Crippen molar-refractivity contribution >= 4 is 11.9 Å². The fourth-order valence-corrected chi connectivity index (χ4v) is 4.29. The molecule has 0 rings (SSSR count). The Hall–Kier alpha value is -1.10. The highest BCUT2D eigenvalue weighted by molar-refractivity contribution is 5.77. The van der Waals surface area contributed by atoms with Crippen LogP contribution in [0.3, 0.4) is 0 Å². The number of unbranched alkanes of at least 4 members (excludes halogenated alkanes) is 17. The largest absolute Gasteiger partial charge is 0.480 e. The fraction of sp³-hybridized carbons (Fsp3) is 0.926. The monoisotopic (exact) mass is 455 g/mol. The van der Waals surface area contributed by atoms with E-state index in [4.69, 9.17) is 0 Å². The van der Waals surface area contributed by atoms with E-state index < -0.39 is 24.0 Å². The first-order valence-electron chi connectivity index (χ1n) is 13.7. The Morgan fingerprint density at radius 1 is 0.500 bits per heavy atom. The van der Waals surface area contributed by atoms with Crippen molar-refractivity contribution in [1.29, 1.82) is 0 Å². The van der Waals surface area contributed by atoms with Crippen molar-refractivity contribution in [3.63, 3.8) is 0 Å². The first-order chi connectivity index (χ1) is 15.5. The average Bonchev–Trinajstić information content (AvgIpc) is 2.76. The molecule has 0 saturated carbocycles. The lowest BCUT2D eigenvalue weighted by molar-refractivity contribution is -0.142. The Morgan fingerprint density at radius 3 is 1.00 bits per heavy atom. The van der Waals surface area contributed by atoms with Crippen molar-refractivity contribution in [1.82, 2.24) is 5.32 Å². The Bertz CT molecular complexity index is 441. The molecule has 0 aliphatic heterocycles. The molecule has 0 aliphatic carbocycles. The van der Waals surface area contributed by atoms with Gasteiger partial charge in [0.15, 0.2) is 0 Å². The summed E-state index contributed by atoms with van der Waals surface area (Å²) in [4.78, 5) is 23.1. The van der Waals surface area contributed by atoms with Gasteiger partial charge in [0.25, 0.3) is 0 Å². The molecule has 32 heavy (non-hydrogen) atoms. The summed E-state index contributed by atoms with van der Waals surface area (Å²) in [5, 5.41) is 21.8. The smallest absolute Gasteiger partial charge is 0.320 e. The summed E-state index contributed by atoms with van der Waals surface area (Å²) in [5.74, 6) is -1.87. The third-order valence-electron chi connectivity index (χ3n) is 6.44. The van der Waals surface area contributed by atoms with Gasteiger partial charge in [0, 0.05) is 0 Å². The second-order valence-electron chi connectivity index (χ2n) is 9.54. The highest BCUT2D eigenvalue weighted by Gasteiger charge is 2.25. The van der Waals surface area contributed by atoms with Gasteiger partial charge in [-0.05, 0) is 12.8 Å². The van der Waals surface area contributed by atoms with Crippen LogP contribution in [0.1, 0.15) is 149 Å². The van der Waals surface area contributed by atoms with Crippen LogP contribution in [0.5, 0.6) is 0 Å². The van der Waals surface area contributed by atoms with E-state index >= 15 is 0 Å². The summed E-state index contributed by atoms with van der Waals surface area (Å²) in [6, 6.07) is -1.52. The van der Waals surface area contributed by atoms with Crippen molar-refractivity contribution in [3.8, 4) is 0 Å². The van der Waals surface area contributed by atoms with Gasteiger partial charge in [-0.15, -0.1) is 0 Å². The molecule has 190 valence electrons. The molecule has 0 aromatic rings. The highest BCUT2D eigenvalue weighted by Crippen LogP contribution is 2.15. The predicted molar refractivity (Wildman–Crippen MR) is 134 cm³/mol. The van der Waals surface area contributed by atoms with Gasteiger partial charge in [0.05, 0.1) is 0 Å². The number of aliphatic carboxylic acids is 2. The zero-order chi connectivity index (χ0) is 23.9. The second kappa shape index (κ2) is 23.1. The van der Waals surface area contributed by atoms with Gasteiger partial charge in [0.2, 0.25) is 0 Å². The normalized spacial score (nSPS) is 13.2. The van der Waals surface area contributed by atoms with Crippen LogP contribution in [0.25, 0.3) is 0 Å². The molecular weight excluding hydrogens is 402 g/mol. The van der Waals surface area contributed by atoms with Crippen molar-refractivity contribution in [2.45, 2.75) is 161 Å². The number of rotatable bonds is 25. The van der Waals surface area contributed by atoms with Crippen LogP contribution < -0.4 is 5.32 Å². The minimum Gasteiger partial charge on any atom is -0.480 e. The Kier molecular flexibility index (Phi) is 22.3. The van der Waals surface area contributed by atoms with Crippen molar-refractivity contribution in [2.24, 2.45) is 0 Å².